The zero-order chi connectivity index (χ0) is 26.6. The molecule has 0 saturated heterocycles. The normalized spacial score (nSPS) is 12.4. The Balaban J connectivity index is 0.951. The minimum Gasteiger partial charge on any atom is -0.376 e. The number of ether oxygens (including phenoxy) is 2. The van der Waals surface area contributed by atoms with Crippen LogP contribution in [0.5, 0.6) is 0 Å². The maximum absolute atomic E-state index is 6.24. The van der Waals surface area contributed by atoms with Gasteiger partial charge in [0.25, 0.3) is 0 Å². The van der Waals surface area contributed by atoms with Gasteiger partial charge in [0.15, 0.2) is 0 Å². The number of hydrogen-bond donors (Lipinski definition) is 0. The molecule has 0 aliphatic heterocycles. The predicted molar refractivity (Wildman–Crippen MR) is 169 cm³/mol. The van der Waals surface area contributed by atoms with Crippen LogP contribution in [-0.4, -0.2) is 13.2 Å². The lowest BCUT2D eigenvalue weighted by Crippen LogP contribution is -2.13. The third kappa shape index (κ3) is 3.79. The van der Waals surface area contributed by atoms with Crippen LogP contribution in [0.1, 0.15) is 18.1 Å². The summed E-state index contributed by atoms with van der Waals surface area (Å²) in [5.41, 5.74) is 2.49. The van der Waals surface area contributed by atoms with Gasteiger partial charge in [-0.15, -0.1) is 0 Å². The second-order valence-corrected chi connectivity index (χ2v) is 11.3. The van der Waals surface area contributed by atoms with Gasteiger partial charge in [-0.05, 0) is 75.8 Å². The first kappa shape index (κ1) is 23.6. The molecule has 2 heteroatoms. The van der Waals surface area contributed by atoms with Gasteiger partial charge in [0.2, 0.25) is 0 Å². The average molecular weight is 519 g/mol. The number of rotatable bonds is 8. The lowest BCUT2D eigenvalue weighted by Gasteiger charge is -2.17. The summed E-state index contributed by atoms with van der Waals surface area (Å²) in [6, 6.07) is 39.9. The van der Waals surface area contributed by atoms with Crippen molar-refractivity contribution in [2.75, 3.05) is 13.2 Å². The minimum absolute atomic E-state index is 0.305. The lowest BCUT2D eigenvalue weighted by molar-refractivity contribution is 0.0341. The van der Waals surface area contributed by atoms with Gasteiger partial charge in [-0.2, -0.15) is 0 Å². The molecule has 0 amide bonds. The van der Waals surface area contributed by atoms with Crippen LogP contribution in [0.3, 0.4) is 0 Å². The summed E-state index contributed by atoms with van der Waals surface area (Å²) < 4.78 is 12.5. The maximum Gasteiger partial charge on any atom is 0.0723 e. The first-order valence-electron chi connectivity index (χ1n) is 14.2. The van der Waals surface area contributed by atoms with Gasteiger partial charge in [0.05, 0.1) is 26.4 Å². The van der Waals surface area contributed by atoms with E-state index >= 15 is 0 Å². The third-order valence-corrected chi connectivity index (χ3v) is 8.56. The van der Waals surface area contributed by atoms with E-state index in [2.05, 4.69) is 116 Å². The summed E-state index contributed by atoms with van der Waals surface area (Å²) in [6.45, 7) is 4.75. The van der Waals surface area contributed by atoms with Gasteiger partial charge in [0.1, 0.15) is 0 Å². The van der Waals surface area contributed by atoms with Crippen molar-refractivity contribution in [3.63, 3.8) is 0 Å². The highest BCUT2D eigenvalue weighted by Crippen LogP contribution is 2.37. The molecule has 0 unspecified atom stereocenters. The Kier molecular flexibility index (Phi) is 5.58. The Hall–Kier alpha value is -4.24. The van der Waals surface area contributed by atoms with E-state index < -0.39 is 0 Å². The molecular weight excluding hydrogens is 488 g/mol. The second-order valence-electron chi connectivity index (χ2n) is 11.3. The molecule has 0 aromatic heterocycles. The number of benzene rings is 8. The predicted octanol–water partition coefficient (Wildman–Crippen LogP) is 9.85. The topological polar surface area (TPSA) is 18.5 Å². The Morgan fingerprint density at radius 1 is 0.425 bits per heavy atom. The van der Waals surface area contributed by atoms with Crippen LogP contribution in [0.4, 0.5) is 0 Å². The van der Waals surface area contributed by atoms with E-state index in [0.29, 0.717) is 32.3 Å². The van der Waals surface area contributed by atoms with Gasteiger partial charge in [0, 0.05) is 5.92 Å². The van der Waals surface area contributed by atoms with Gasteiger partial charge >= 0.3 is 0 Å². The molecule has 194 valence electrons. The van der Waals surface area contributed by atoms with Crippen molar-refractivity contribution in [2.24, 2.45) is 5.92 Å². The molecule has 0 atom stereocenters. The summed E-state index contributed by atoms with van der Waals surface area (Å²) in [7, 11) is 0. The maximum atomic E-state index is 6.24. The molecule has 40 heavy (non-hydrogen) atoms. The van der Waals surface area contributed by atoms with Crippen molar-refractivity contribution in [3.05, 3.63) is 120 Å². The molecule has 0 saturated carbocycles. The fourth-order valence-electron chi connectivity index (χ4n) is 6.63. The third-order valence-electron chi connectivity index (χ3n) is 8.56. The minimum atomic E-state index is 0.305. The smallest absolute Gasteiger partial charge is 0.0723 e. The second kappa shape index (κ2) is 9.45. The van der Waals surface area contributed by atoms with Gasteiger partial charge < -0.3 is 9.47 Å². The van der Waals surface area contributed by atoms with Crippen molar-refractivity contribution in [2.45, 2.75) is 20.1 Å². The van der Waals surface area contributed by atoms with E-state index in [1.54, 1.807) is 0 Å². The molecule has 0 spiro atoms. The average Bonchev–Trinajstić information content (AvgIpc) is 3.00. The molecule has 0 heterocycles. The molecule has 0 N–H and O–H groups in total. The fourth-order valence-corrected chi connectivity index (χ4v) is 6.63. The zero-order valence-corrected chi connectivity index (χ0v) is 22.6. The van der Waals surface area contributed by atoms with Crippen molar-refractivity contribution in [1.82, 2.24) is 0 Å². The Morgan fingerprint density at radius 2 is 0.775 bits per heavy atom. The number of hydrogen-bond acceptors (Lipinski definition) is 2. The van der Waals surface area contributed by atoms with Crippen LogP contribution in [0.15, 0.2) is 109 Å². The van der Waals surface area contributed by atoms with E-state index in [-0.39, 0.29) is 0 Å². The molecule has 8 aromatic rings. The first-order valence-corrected chi connectivity index (χ1v) is 14.2. The van der Waals surface area contributed by atoms with Gasteiger partial charge in [-0.1, -0.05) is 116 Å². The molecule has 2 nitrogen and oxygen atoms in total. The van der Waals surface area contributed by atoms with Crippen LogP contribution in [-0.2, 0) is 22.7 Å². The summed E-state index contributed by atoms with van der Waals surface area (Å²) in [5, 5.41) is 15.7. The van der Waals surface area contributed by atoms with Gasteiger partial charge in [-0.3, -0.25) is 0 Å². The highest BCUT2D eigenvalue weighted by Gasteiger charge is 2.13. The van der Waals surface area contributed by atoms with Gasteiger partial charge in [-0.25, -0.2) is 0 Å². The fraction of sp³-hybridized carbons (Fsp3) is 0.158. The first-order chi connectivity index (χ1) is 19.7. The van der Waals surface area contributed by atoms with Crippen LogP contribution in [0.25, 0.3) is 64.6 Å². The quantitative estimate of drug-likeness (QED) is 0.186. The summed E-state index contributed by atoms with van der Waals surface area (Å²) in [6.07, 6.45) is 0. The highest BCUT2D eigenvalue weighted by atomic mass is 16.5. The largest absolute Gasteiger partial charge is 0.376 e. The Morgan fingerprint density at radius 3 is 1.20 bits per heavy atom. The highest BCUT2D eigenvalue weighted by molar-refractivity contribution is 6.24. The van der Waals surface area contributed by atoms with Crippen LogP contribution in [0.2, 0.25) is 0 Å². The Labute approximate surface area is 233 Å². The zero-order valence-electron chi connectivity index (χ0n) is 22.6. The molecule has 0 aliphatic carbocycles. The van der Waals surface area contributed by atoms with Crippen molar-refractivity contribution >= 4 is 64.6 Å². The molecule has 0 fully saturated rings. The van der Waals surface area contributed by atoms with Crippen LogP contribution >= 0.6 is 0 Å². The summed E-state index contributed by atoms with van der Waals surface area (Å²) >= 11 is 0. The monoisotopic (exact) mass is 518 g/mol. The van der Waals surface area contributed by atoms with E-state index in [9.17, 15) is 0 Å². The lowest BCUT2D eigenvalue weighted by atomic mass is 9.92. The molecule has 0 bridgehead atoms. The molecule has 0 aliphatic rings. The van der Waals surface area contributed by atoms with E-state index in [1.165, 1.54) is 75.8 Å². The molecule has 8 rings (SSSR count). The van der Waals surface area contributed by atoms with E-state index in [1.807, 2.05) is 0 Å². The SMILES string of the molecule is CC(COCc1ccc2ccc3cccc4ccc1c2c34)COCc1ccc2ccc3cccc4ccc1c2c34. The summed E-state index contributed by atoms with van der Waals surface area (Å²) in [5.74, 6) is 0.305. The van der Waals surface area contributed by atoms with Crippen molar-refractivity contribution < 1.29 is 9.47 Å². The standard InChI is InChI=1S/C38H30O2/c1-24(20-39-22-31-14-12-29-10-8-25-4-2-6-27-16-18-33(31)37(29)35(25)27)21-40-23-32-15-13-30-11-9-26-5-3-7-28-17-19-34(32)38(30)36(26)28/h2-19,24H,20-23H2,1H3. The molecule has 8 aromatic carbocycles. The molecular formula is C38H30O2. The van der Waals surface area contributed by atoms with Crippen molar-refractivity contribution in [3.8, 4) is 0 Å². The van der Waals surface area contributed by atoms with Crippen LogP contribution < -0.4 is 0 Å². The Bertz CT molecular complexity index is 1950. The van der Waals surface area contributed by atoms with E-state index in [0.717, 1.165) is 0 Å². The van der Waals surface area contributed by atoms with E-state index in [4.69, 9.17) is 9.47 Å². The van der Waals surface area contributed by atoms with Crippen molar-refractivity contribution in [1.29, 1.82) is 0 Å². The molecule has 0 radical (unpaired) electrons. The summed E-state index contributed by atoms with van der Waals surface area (Å²) in [4.78, 5) is 0. The van der Waals surface area contributed by atoms with Crippen LogP contribution in [0, 0.1) is 5.92 Å².